The quantitative estimate of drug-likeness (QED) is 0.462. The zero-order chi connectivity index (χ0) is 15.6. The molecular weight excluding hydrogens is 268 g/mol. The Morgan fingerprint density at radius 3 is 1.90 bits per heavy atom. The SMILES string of the molecule is CC(=O)C(C(C)=O)c1c(C)cc([N+](=O)[O-])cc1[N+](=O)[O-]. The number of hydrogen-bond donors (Lipinski definition) is 0. The molecule has 0 aliphatic carbocycles. The fourth-order valence-corrected chi connectivity index (χ4v) is 2.09. The maximum absolute atomic E-state index is 11.6. The zero-order valence-corrected chi connectivity index (χ0v) is 11.1. The molecule has 0 aromatic heterocycles. The van der Waals surface area contributed by atoms with Crippen molar-refractivity contribution < 1.29 is 19.4 Å². The number of non-ortho nitro benzene ring substituents is 1. The number of nitro benzene ring substituents is 2. The second kappa shape index (κ2) is 5.55. The first-order valence-electron chi connectivity index (χ1n) is 5.61. The van der Waals surface area contributed by atoms with Gasteiger partial charge in [0.15, 0.2) is 0 Å². The Morgan fingerprint density at radius 1 is 1.05 bits per heavy atom. The number of Topliss-reactive ketones (excluding diaryl/α,β-unsaturated/α-hetero) is 2. The maximum Gasteiger partial charge on any atom is 0.280 e. The summed E-state index contributed by atoms with van der Waals surface area (Å²) in [5.41, 5.74) is -0.960. The second-order valence-corrected chi connectivity index (χ2v) is 4.36. The Balaban J connectivity index is 3.68. The Labute approximate surface area is 113 Å². The molecule has 0 amide bonds. The third-order valence-electron chi connectivity index (χ3n) is 2.86. The third-order valence-corrected chi connectivity index (χ3v) is 2.86. The number of carbonyl (C=O) groups is 2. The number of hydrogen-bond acceptors (Lipinski definition) is 6. The number of nitrogens with zero attached hydrogens (tertiary/aromatic N) is 2. The van der Waals surface area contributed by atoms with Gasteiger partial charge >= 0.3 is 0 Å². The summed E-state index contributed by atoms with van der Waals surface area (Å²) in [4.78, 5) is 43.3. The van der Waals surface area contributed by atoms with Gasteiger partial charge in [-0.15, -0.1) is 0 Å². The van der Waals surface area contributed by atoms with E-state index in [1.54, 1.807) is 0 Å². The van der Waals surface area contributed by atoms with Gasteiger partial charge in [0.2, 0.25) is 0 Å². The molecule has 8 heteroatoms. The highest BCUT2D eigenvalue weighted by molar-refractivity contribution is 6.06. The summed E-state index contributed by atoms with van der Waals surface area (Å²) in [5.74, 6) is -2.37. The molecule has 0 N–H and O–H groups in total. The molecule has 0 saturated carbocycles. The van der Waals surface area contributed by atoms with Crippen molar-refractivity contribution in [2.45, 2.75) is 26.7 Å². The molecular formula is C12H12N2O6. The van der Waals surface area contributed by atoms with E-state index in [2.05, 4.69) is 0 Å². The average Bonchev–Trinajstić information content (AvgIpc) is 2.29. The fraction of sp³-hybridized carbons (Fsp3) is 0.333. The van der Waals surface area contributed by atoms with Gasteiger partial charge in [0.05, 0.1) is 21.5 Å². The molecule has 20 heavy (non-hydrogen) atoms. The van der Waals surface area contributed by atoms with Crippen molar-refractivity contribution in [2.24, 2.45) is 0 Å². The topological polar surface area (TPSA) is 120 Å². The first-order valence-corrected chi connectivity index (χ1v) is 5.61. The molecule has 8 nitrogen and oxygen atoms in total. The second-order valence-electron chi connectivity index (χ2n) is 4.36. The molecule has 0 bridgehead atoms. The molecule has 0 fully saturated rings. The predicted molar refractivity (Wildman–Crippen MR) is 68.6 cm³/mol. The molecule has 0 radical (unpaired) electrons. The molecule has 0 heterocycles. The molecule has 1 rings (SSSR count). The van der Waals surface area contributed by atoms with Crippen LogP contribution in [-0.4, -0.2) is 21.4 Å². The largest absolute Gasteiger partial charge is 0.299 e. The van der Waals surface area contributed by atoms with Gasteiger partial charge in [0.25, 0.3) is 11.4 Å². The van der Waals surface area contributed by atoms with Crippen LogP contribution in [0.25, 0.3) is 0 Å². The number of aryl methyl sites for hydroxylation is 1. The number of rotatable bonds is 5. The minimum Gasteiger partial charge on any atom is -0.299 e. The molecule has 0 aliphatic rings. The maximum atomic E-state index is 11.6. The van der Waals surface area contributed by atoms with Crippen LogP contribution >= 0.6 is 0 Å². The summed E-state index contributed by atoms with van der Waals surface area (Å²) in [5, 5.41) is 21.8. The first-order chi connectivity index (χ1) is 9.16. The van der Waals surface area contributed by atoms with Crippen LogP contribution in [-0.2, 0) is 9.59 Å². The van der Waals surface area contributed by atoms with E-state index in [1.165, 1.54) is 6.92 Å². The highest BCUT2D eigenvalue weighted by Gasteiger charge is 2.33. The highest BCUT2D eigenvalue weighted by atomic mass is 16.6. The minimum absolute atomic E-state index is 0.0828. The number of nitro groups is 2. The zero-order valence-electron chi connectivity index (χ0n) is 11.1. The van der Waals surface area contributed by atoms with E-state index >= 15 is 0 Å². The van der Waals surface area contributed by atoms with E-state index in [4.69, 9.17) is 0 Å². The van der Waals surface area contributed by atoms with Crippen LogP contribution in [0.2, 0.25) is 0 Å². The van der Waals surface area contributed by atoms with Crippen LogP contribution in [0.1, 0.15) is 30.9 Å². The van der Waals surface area contributed by atoms with E-state index < -0.39 is 38.7 Å². The van der Waals surface area contributed by atoms with Crippen molar-refractivity contribution in [3.05, 3.63) is 43.5 Å². The van der Waals surface area contributed by atoms with Crippen molar-refractivity contribution in [1.82, 2.24) is 0 Å². The Kier molecular flexibility index (Phi) is 4.28. The van der Waals surface area contributed by atoms with Gasteiger partial charge in [0, 0.05) is 6.07 Å². The normalized spacial score (nSPS) is 10.4. The summed E-state index contributed by atoms with van der Waals surface area (Å²) in [6.07, 6.45) is 0. The van der Waals surface area contributed by atoms with Gasteiger partial charge in [-0.2, -0.15) is 0 Å². The summed E-state index contributed by atoms with van der Waals surface area (Å²) >= 11 is 0. The average molecular weight is 280 g/mol. The molecule has 0 saturated heterocycles. The molecule has 0 aliphatic heterocycles. The van der Waals surface area contributed by atoms with Gasteiger partial charge in [-0.05, 0) is 26.3 Å². The van der Waals surface area contributed by atoms with Gasteiger partial charge in [-0.3, -0.25) is 29.8 Å². The van der Waals surface area contributed by atoms with E-state index in [0.717, 1.165) is 26.0 Å². The lowest BCUT2D eigenvalue weighted by atomic mass is 9.87. The van der Waals surface area contributed by atoms with Gasteiger partial charge in [-0.25, -0.2) is 0 Å². The molecule has 0 atom stereocenters. The lowest BCUT2D eigenvalue weighted by Crippen LogP contribution is -2.20. The van der Waals surface area contributed by atoms with Crippen LogP contribution in [0.4, 0.5) is 11.4 Å². The van der Waals surface area contributed by atoms with Crippen molar-refractivity contribution in [3.8, 4) is 0 Å². The number of ketones is 2. The summed E-state index contributed by atoms with van der Waals surface area (Å²) in [6, 6.07) is 1.88. The lowest BCUT2D eigenvalue weighted by Gasteiger charge is -2.13. The first kappa shape index (κ1) is 15.4. The third kappa shape index (κ3) is 2.85. The summed E-state index contributed by atoms with van der Waals surface area (Å²) in [6.45, 7) is 3.70. The van der Waals surface area contributed by atoms with Crippen molar-refractivity contribution in [2.75, 3.05) is 0 Å². The molecule has 1 aromatic carbocycles. The summed E-state index contributed by atoms with van der Waals surface area (Å²) in [7, 11) is 0. The Hall–Kier alpha value is -2.64. The Morgan fingerprint density at radius 2 is 1.55 bits per heavy atom. The fourth-order valence-electron chi connectivity index (χ4n) is 2.09. The summed E-state index contributed by atoms with van der Waals surface area (Å²) < 4.78 is 0. The highest BCUT2D eigenvalue weighted by Crippen LogP contribution is 2.34. The van der Waals surface area contributed by atoms with Crippen LogP contribution in [0.5, 0.6) is 0 Å². The van der Waals surface area contributed by atoms with Crippen LogP contribution in [0, 0.1) is 27.2 Å². The smallest absolute Gasteiger partial charge is 0.280 e. The monoisotopic (exact) mass is 280 g/mol. The molecule has 106 valence electrons. The number of benzene rings is 1. The molecule has 1 aromatic rings. The molecule has 0 spiro atoms. The minimum atomic E-state index is -1.28. The van der Waals surface area contributed by atoms with E-state index in [-0.39, 0.29) is 11.1 Å². The van der Waals surface area contributed by atoms with E-state index in [1.807, 2.05) is 0 Å². The lowest BCUT2D eigenvalue weighted by molar-refractivity contribution is -0.394. The van der Waals surface area contributed by atoms with Crippen LogP contribution in [0.3, 0.4) is 0 Å². The standard InChI is InChI=1S/C12H12N2O6/c1-6-4-9(13(17)18)5-10(14(19)20)11(6)12(7(2)15)8(3)16/h4-5,12H,1-3H3. The van der Waals surface area contributed by atoms with Gasteiger partial charge < -0.3 is 0 Å². The van der Waals surface area contributed by atoms with E-state index in [9.17, 15) is 29.8 Å². The van der Waals surface area contributed by atoms with Crippen LogP contribution in [0.15, 0.2) is 12.1 Å². The van der Waals surface area contributed by atoms with Crippen molar-refractivity contribution >= 4 is 22.9 Å². The van der Waals surface area contributed by atoms with Crippen molar-refractivity contribution in [3.63, 3.8) is 0 Å². The van der Waals surface area contributed by atoms with Gasteiger partial charge in [0.1, 0.15) is 17.5 Å². The number of carbonyl (C=O) groups excluding carboxylic acids is 2. The Bertz CT molecular complexity index is 609. The van der Waals surface area contributed by atoms with Crippen LogP contribution < -0.4 is 0 Å². The predicted octanol–water partition coefficient (Wildman–Crippen LogP) is 2.07. The van der Waals surface area contributed by atoms with E-state index in [0.29, 0.717) is 0 Å². The van der Waals surface area contributed by atoms with Crippen molar-refractivity contribution in [1.29, 1.82) is 0 Å². The molecule has 0 unspecified atom stereocenters. The van der Waals surface area contributed by atoms with Gasteiger partial charge in [-0.1, -0.05) is 0 Å².